The van der Waals surface area contributed by atoms with E-state index in [4.69, 9.17) is 0 Å². The van der Waals surface area contributed by atoms with Crippen LogP contribution in [0.5, 0.6) is 5.75 Å². The summed E-state index contributed by atoms with van der Waals surface area (Å²) in [6, 6.07) is 9.92. The topological polar surface area (TPSA) is 50.2 Å². The van der Waals surface area contributed by atoms with Gasteiger partial charge in [-0.15, -0.1) is 0 Å². The predicted octanol–water partition coefficient (Wildman–Crippen LogP) is 2.78. The third kappa shape index (κ3) is 2.12. The Balaban J connectivity index is 2.40. The van der Waals surface area contributed by atoms with Gasteiger partial charge in [0.05, 0.1) is 0 Å². The summed E-state index contributed by atoms with van der Waals surface area (Å²) in [5, 5.41) is 9.50. The van der Waals surface area contributed by atoms with E-state index in [1.54, 1.807) is 30.3 Å². The molecule has 0 aliphatic carbocycles. The van der Waals surface area contributed by atoms with Crippen molar-refractivity contribution in [3.8, 4) is 5.75 Å². The van der Waals surface area contributed by atoms with Gasteiger partial charge < -0.3 is 5.11 Å². The van der Waals surface area contributed by atoms with Gasteiger partial charge in [-0.3, -0.25) is 4.79 Å². The Bertz CT molecular complexity index is 523. The zero-order chi connectivity index (χ0) is 11.5. The van der Waals surface area contributed by atoms with E-state index in [0.717, 1.165) is 4.47 Å². The van der Waals surface area contributed by atoms with Crippen LogP contribution in [0.2, 0.25) is 0 Å². The van der Waals surface area contributed by atoms with Crippen LogP contribution >= 0.6 is 15.9 Å². The molecule has 1 heterocycles. The summed E-state index contributed by atoms with van der Waals surface area (Å²) in [4.78, 5) is 15.8. The lowest BCUT2D eigenvalue weighted by Gasteiger charge is -2.02. The maximum absolute atomic E-state index is 11.9. The highest BCUT2D eigenvalue weighted by Gasteiger charge is 2.13. The van der Waals surface area contributed by atoms with Crippen molar-refractivity contribution in [2.24, 2.45) is 0 Å². The highest BCUT2D eigenvalue weighted by atomic mass is 79.9. The van der Waals surface area contributed by atoms with Crippen molar-refractivity contribution in [2.45, 2.75) is 0 Å². The number of rotatable bonds is 2. The molecule has 0 bridgehead atoms. The van der Waals surface area contributed by atoms with E-state index in [0.29, 0.717) is 5.56 Å². The van der Waals surface area contributed by atoms with E-state index in [9.17, 15) is 9.90 Å². The van der Waals surface area contributed by atoms with Gasteiger partial charge in [-0.25, -0.2) is 4.98 Å². The second kappa shape index (κ2) is 4.45. The summed E-state index contributed by atoms with van der Waals surface area (Å²) in [7, 11) is 0. The molecule has 1 N–H and O–H groups in total. The van der Waals surface area contributed by atoms with Gasteiger partial charge in [-0.05, 0) is 36.4 Å². The Morgan fingerprint density at radius 3 is 2.50 bits per heavy atom. The third-order valence-electron chi connectivity index (χ3n) is 2.11. The van der Waals surface area contributed by atoms with Gasteiger partial charge in [0, 0.05) is 16.2 Å². The molecule has 4 heteroatoms. The standard InChI is InChI=1S/C12H8BrNO2/c13-9-5-3-8(4-6-9)12(16)11-10(15)2-1-7-14-11/h1-7,15H. The van der Waals surface area contributed by atoms with Crippen molar-refractivity contribution < 1.29 is 9.90 Å². The summed E-state index contributed by atoms with van der Waals surface area (Å²) >= 11 is 3.29. The molecule has 0 atom stereocenters. The van der Waals surface area contributed by atoms with Crippen LogP contribution in [-0.4, -0.2) is 15.9 Å². The fourth-order valence-corrected chi connectivity index (χ4v) is 1.57. The van der Waals surface area contributed by atoms with Gasteiger partial charge in [0.2, 0.25) is 5.78 Å². The van der Waals surface area contributed by atoms with Crippen LogP contribution in [0, 0.1) is 0 Å². The van der Waals surface area contributed by atoms with E-state index in [1.165, 1.54) is 12.3 Å². The normalized spacial score (nSPS) is 10.1. The van der Waals surface area contributed by atoms with Crippen LogP contribution in [0.1, 0.15) is 16.1 Å². The van der Waals surface area contributed by atoms with Crippen LogP contribution in [0.15, 0.2) is 47.1 Å². The van der Waals surface area contributed by atoms with Crippen LogP contribution < -0.4 is 0 Å². The molecule has 2 aromatic rings. The minimum atomic E-state index is -0.286. The number of carbonyl (C=O) groups is 1. The number of hydrogen-bond acceptors (Lipinski definition) is 3. The van der Waals surface area contributed by atoms with Crippen LogP contribution in [0.3, 0.4) is 0 Å². The van der Waals surface area contributed by atoms with Crippen LogP contribution in [-0.2, 0) is 0 Å². The lowest BCUT2D eigenvalue weighted by Crippen LogP contribution is -2.03. The van der Waals surface area contributed by atoms with Gasteiger partial charge in [0.25, 0.3) is 0 Å². The average Bonchev–Trinajstić information content (AvgIpc) is 2.30. The van der Waals surface area contributed by atoms with Crippen molar-refractivity contribution in [1.29, 1.82) is 0 Å². The quantitative estimate of drug-likeness (QED) is 0.859. The van der Waals surface area contributed by atoms with Gasteiger partial charge in [0.15, 0.2) is 5.69 Å². The first-order chi connectivity index (χ1) is 7.68. The molecule has 0 radical (unpaired) electrons. The minimum Gasteiger partial charge on any atom is -0.506 e. The highest BCUT2D eigenvalue weighted by Crippen LogP contribution is 2.18. The first-order valence-corrected chi connectivity index (χ1v) is 5.42. The predicted molar refractivity (Wildman–Crippen MR) is 63.5 cm³/mol. The summed E-state index contributed by atoms with van der Waals surface area (Å²) in [6.07, 6.45) is 1.48. The molecule has 1 aromatic carbocycles. The second-order valence-corrected chi connectivity index (χ2v) is 4.12. The number of hydrogen-bond donors (Lipinski definition) is 1. The number of nitrogens with zero attached hydrogens (tertiary/aromatic N) is 1. The van der Waals surface area contributed by atoms with Gasteiger partial charge in [-0.2, -0.15) is 0 Å². The molecule has 0 aliphatic heterocycles. The number of pyridine rings is 1. The molecular formula is C12H8BrNO2. The fraction of sp³-hybridized carbons (Fsp3) is 0. The number of halogens is 1. The summed E-state index contributed by atoms with van der Waals surface area (Å²) in [5.41, 5.74) is 0.571. The zero-order valence-corrected chi connectivity index (χ0v) is 9.81. The molecule has 3 nitrogen and oxygen atoms in total. The van der Waals surface area contributed by atoms with Crippen molar-refractivity contribution in [2.75, 3.05) is 0 Å². The van der Waals surface area contributed by atoms with Gasteiger partial charge >= 0.3 is 0 Å². The molecular weight excluding hydrogens is 270 g/mol. The van der Waals surface area contributed by atoms with Gasteiger partial charge in [-0.1, -0.05) is 15.9 Å². The van der Waals surface area contributed by atoms with Gasteiger partial charge in [0.1, 0.15) is 5.75 Å². The number of aromatic nitrogens is 1. The highest BCUT2D eigenvalue weighted by molar-refractivity contribution is 9.10. The lowest BCUT2D eigenvalue weighted by atomic mass is 10.1. The van der Waals surface area contributed by atoms with Crippen molar-refractivity contribution in [1.82, 2.24) is 4.98 Å². The molecule has 0 spiro atoms. The fourth-order valence-electron chi connectivity index (χ4n) is 1.31. The summed E-state index contributed by atoms with van der Waals surface area (Å²) < 4.78 is 0.897. The molecule has 0 fully saturated rings. The Hall–Kier alpha value is -1.68. The van der Waals surface area contributed by atoms with Crippen molar-refractivity contribution in [3.05, 3.63) is 58.3 Å². The molecule has 80 valence electrons. The smallest absolute Gasteiger partial charge is 0.215 e. The minimum absolute atomic E-state index is 0.0739. The van der Waals surface area contributed by atoms with Crippen molar-refractivity contribution >= 4 is 21.7 Å². The largest absolute Gasteiger partial charge is 0.506 e. The molecule has 0 aliphatic rings. The molecule has 16 heavy (non-hydrogen) atoms. The van der Waals surface area contributed by atoms with Crippen LogP contribution in [0.25, 0.3) is 0 Å². The first kappa shape index (κ1) is 10.8. The second-order valence-electron chi connectivity index (χ2n) is 3.21. The Morgan fingerprint density at radius 2 is 1.88 bits per heavy atom. The third-order valence-corrected chi connectivity index (χ3v) is 2.64. The zero-order valence-electron chi connectivity index (χ0n) is 8.22. The molecule has 0 amide bonds. The van der Waals surface area contributed by atoms with E-state index < -0.39 is 0 Å². The number of aromatic hydroxyl groups is 1. The molecule has 1 aromatic heterocycles. The Kier molecular flexibility index (Phi) is 3.01. The number of ketones is 1. The summed E-state index contributed by atoms with van der Waals surface area (Å²) in [6.45, 7) is 0. The molecule has 2 rings (SSSR count). The summed E-state index contributed by atoms with van der Waals surface area (Å²) in [5.74, 6) is -0.388. The average molecular weight is 278 g/mol. The van der Waals surface area contributed by atoms with E-state index >= 15 is 0 Å². The molecule has 0 saturated heterocycles. The maximum Gasteiger partial charge on any atom is 0.215 e. The van der Waals surface area contributed by atoms with Crippen LogP contribution in [0.4, 0.5) is 0 Å². The molecule has 0 unspecified atom stereocenters. The first-order valence-electron chi connectivity index (χ1n) is 4.63. The number of carbonyl (C=O) groups excluding carboxylic acids is 1. The molecule has 0 saturated carbocycles. The number of benzene rings is 1. The maximum atomic E-state index is 11.9. The lowest BCUT2D eigenvalue weighted by molar-refractivity contribution is 0.103. The Labute approximate surface area is 101 Å². The van der Waals surface area contributed by atoms with E-state index in [1.807, 2.05) is 0 Å². The van der Waals surface area contributed by atoms with E-state index in [2.05, 4.69) is 20.9 Å². The monoisotopic (exact) mass is 277 g/mol. The van der Waals surface area contributed by atoms with Crippen molar-refractivity contribution in [3.63, 3.8) is 0 Å². The SMILES string of the molecule is O=C(c1ccc(Br)cc1)c1ncccc1O. The Morgan fingerprint density at radius 1 is 1.19 bits per heavy atom. The van der Waals surface area contributed by atoms with E-state index in [-0.39, 0.29) is 17.2 Å².